The number of halogens is 1. The summed E-state index contributed by atoms with van der Waals surface area (Å²) in [7, 11) is -10.6. The van der Waals surface area contributed by atoms with Crippen LogP contribution in [-0.4, -0.2) is 25.9 Å². The topological polar surface area (TPSA) is 169 Å². The van der Waals surface area contributed by atoms with Gasteiger partial charge in [0.05, 0.1) is 0 Å². The Kier molecular flexibility index (Phi) is 14.2. The van der Waals surface area contributed by atoms with Crippen molar-refractivity contribution >= 4 is 20.8 Å². The Hall–Kier alpha value is 0.509. The first-order valence-electron chi connectivity index (χ1n) is 1.50. The third-order valence-electron chi connectivity index (χ3n) is 0.194. The van der Waals surface area contributed by atoms with Crippen molar-refractivity contribution in [1.82, 2.24) is 6.15 Å². The smallest absolute Gasteiger partial charge is 1.00 e. The molecule has 9 nitrogen and oxygen atoms in total. The van der Waals surface area contributed by atoms with E-state index >= 15 is 0 Å². The van der Waals surface area contributed by atoms with Gasteiger partial charge in [-0.1, -0.05) is 0 Å². The minimum Gasteiger partial charge on any atom is -1.00 e. The molecule has 0 amide bonds. The molecule has 13 heavy (non-hydrogen) atoms. The van der Waals surface area contributed by atoms with Crippen LogP contribution in [0, 0.1) is 0 Å². The molecule has 0 aliphatic heterocycles. The van der Waals surface area contributed by atoms with E-state index in [1.807, 2.05) is 0 Å². The first-order valence-corrected chi connectivity index (χ1v) is 4.17. The standard InChI is InChI=1S/ClH.Fe.H3N.H2O8S2/c;;;1-9(2,3)7-8-10(4,5)6/h1H;;1H3;(H,1,2,3)(H,4,5,6)/q;+2;;/p-2. The van der Waals surface area contributed by atoms with Crippen LogP contribution in [0.2, 0.25) is 0 Å². The molecule has 0 aliphatic rings. The minimum atomic E-state index is -5.31. The van der Waals surface area contributed by atoms with E-state index in [1.165, 1.54) is 0 Å². The predicted molar refractivity (Wildman–Crippen MR) is 27.5 cm³/mol. The zero-order valence-corrected chi connectivity index (χ0v) is 9.31. The van der Waals surface area contributed by atoms with Crippen LogP contribution in [0.4, 0.5) is 0 Å². The van der Waals surface area contributed by atoms with Gasteiger partial charge in [0.2, 0.25) is 20.8 Å². The quantitative estimate of drug-likeness (QED) is 0.178. The molecule has 0 aromatic rings. The fourth-order valence-corrected chi connectivity index (χ4v) is 0.612. The molecule has 0 radical (unpaired) electrons. The average molecular weight is 301 g/mol. The van der Waals surface area contributed by atoms with E-state index in [-0.39, 0.29) is 35.6 Å². The molecule has 0 saturated heterocycles. The van der Waals surface area contributed by atoms with Gasteiger partial charge in [0.1, 0.15) is 0 Å². The summed E-state index contributed by atoms with van der Waals surface area (Å²) < 4.78 is 61.5. The maximum absolute atomic E-state index is 9.37. The van der Waals surface area contributed by atoms with Crippen LogP contribution in [0.15, 0.2) is 0 Å². The Morgan fingerprint density at radius 1 is 0.846 bits per heavy atom. The van der Waals surface area contributed by atoms with Crippen molar-refractivity contribution in [3.63, 3.8) is 0 Å². The van der Waals surface area contributed by atoms with E-state index in [0.29, 0.717) is 0 Å². The second-order valence-electron chi connectivity index (χ2n) is 0.953. The van der Waals surface area contributed by atoms with Crippen molar-refractivity contribution in [3.8, 4) is 0 Å². The van der Waals surface area contributed by atoms with Crippen LogP contribution in [0.1, 0.15) is 0 Å². The Balaban J connectivity index is -0.000000135. The molecule has 0 heterocycles. The molecule has 13 heteroatoms. The molecule has 0 fully saturated rings. The second-order valence-corrected chi connectivity index (χ2v) is 2.86. The van der Waals surface area contributed by atoms with Crippen LogP contribution in [0.25, 0.3) is 0 Å². The molecule has 0 saturated carbocycles. The van der Waals surface area contributed by atoms with Crippen molar-refractivity contribution in [2.75, 3.05) is 0 Å². The number of rotatable bonds is 3. The Morgan fingerprint density at radius 3 is 1.08 bits per heavy atom. The van der Waals surface area contributed by atoms with Crippen molar-refractivity contribution in [2.45, 2.75) is 0 Å². The summed E-state index contributed by atoms with van der Waals surface area (Å²) in [5, 5.41) is 0. The first-order chi connectivity index (χ1) is 4.21. The van der Waals surface area contributed by atoms with Gasteiger partial charge in [-0.25, -0.2) is 16.8 Å². The van der Waals surface area contributed by atoms with Crippen molar-refractivity contribution in [3.05, 3.63) is 0 Å². The van der Waals surface area contributed by atoms with Crippen LogP contribution >= 0.6 is 0 Å². The molecule has 0 aromatic carbocycles. The van der Waals surface area contributed by atoms with Crippen LogP contribution in [0.5, 0.6) is 0 Å². The molecular weight excluding hydrogens is 297 g/mol. The van der Waals surface area contributed by atoms with E-state index in [0.717, 1.165) is 0 Å². The van der Waals surface area contributed by atoms with Gasteiger partial charge >= 0.3 is 17.1 Å². The predicted octanol–water partition coefficient (Wildman–Crippen LogP) is -4.77. The van der Waals surface area contributed by atoms with Crippen molar-refractivity contribution in [2.24, 2.45) is 0 Å². The second kappa shape index (κ2) is 7.87. The van der Waals surface area contributed by atoms with Crippen molar-refractivity contribution < 1.29 is 64.1 Å². The van der Waals surface area contributed by atoms with Crippen molar-refractivity contribution in [1.29, 1.82) is 0 Å². The summed E-state index contributed by atoms with van der Waals surface area (Å²) in [5.74, 6) is 0. The molecule has 84 valence electrons. The monoisotopic (exact) mass is 301 g/mol. The van der Waals surface area contributed by atoms with E-state index in [4.69, 9.17) is 0 Å². The van der Waals surface area contributed by atoms with Gasteiger partial charge in [-0.15, -0.1) is 8.67 Å². The van der Waals surface area contributed by atoms with Crippen LogP contribution in [-0.2, 0) is 46.5 Å². The number of hydrogen-bond acceptors (Lipinski definition) is 8. The normalized spacial score (nSPS) is 10.3. The molecule has 0 spiro atoms. The Labute approximate surface area is 91.1 Å². The Bertz CT molecular complexity index is 258. The third-order valence-corrected chi connectivity index (χ3v) is 0.750. The van der Waals surface area contributed by atoms with Crippen LogP contribution in [0.3, 0.4) is 0 Å². The van der Waals surface area contributed by atoms with Gasteiger partial charge in [0, 0.05) is 0 Å². The van der Waals surface area contributed by atoms with Crippen LogP contribution < -0.4 is 18.6 Å². The van der Waals surface area contributed by atoms with Gasteiger partial charge in [0.25, 0.3) is 0 Å². The third kappa shape index (κ3) is 24.5. The van der Waals surface area contributed by atoms with E-state index in [1.54, 1.807) is 0 Å². The molecular formula is H4ClFeNO8S2. The molecule has 0 unspecified atom stereocenters. The average Bonchev–Trinajstić information content (AvgIpc) is 1.57. The van der Waals surface area contributed by atoms with Gasteiger partial charge in [-0.2, -0.15) is 0 Å². The fourth-order valence-electron chi connectivity index (χ4n) is 0.0680. The molecule has 0 rings (SSSR count). The van der Waals surface area contributed by atoms with Gasteiger partial charge < -0.3 is 27.7 Å². The maximum Gasteiger partial charge on any atom is 2.00 e. The molecule has 0 aliphatic carbocycles. The van der Waals surface area contributed by atoms with E-state index in [2.05, 4.69) is 8.67 Å². The van der Waals surface area contributed by atoms with E-state index < -0.39 is 20.8 Å². The zero-order chi connectivity index (χ0) is 8.41. The summed E-state index contributed by atoms with van der Waals surface area (Å²) in [6.07, 6.45) is 0. The summed E-state index contributed by atoms with van der Waals surface area (Å²) in [4.78, 5) is 0. The fraction of sp³-hybridized carbons (Fsp3) is 0. The zero-order valence-electron chi connectivity index (χ0n) is 5.81. The molecule has 4 N–H and O–H groups in total. The van der Waals surface area contributed by atoms with E-state index in [9.17, 15) is 25.9 Å². The summed E-state index contributed by atoms with van der Waals surface area (Å²) in [6.45, 7) is 0. The Morgan fingerprint density at radius 2 is 1.00 bits per heavy atom. The first kappa shape index (κ1) is 23.4. The SMILES string of the molecule is O=S(=O)([O-])OOS(=O)(=O)[O-].[Cl-].[Fe+2].[NH4+]. The number of quaternary nitrogens is 1. The summed E-state index contributed by atoms with van der Waals surface area (Å²) >= 11 is 0. The molecule has 0 bridgehead atoms. The van der Waals surface area contributed by atoms with Gasteiger partial charge in [-0.3, -0.25) is 0 Å². The summed E-state index contributed by atoms with van der Waals surface area (Å²) in [6, 6.07) is 0. The molecule has 0 atom stereocenters. The van der Waals surface area contributed by atoms with Gasteiger partial charge in [0.15, 0.2) is 0 Å². The largest absolute Gasteiger partial charge is 2.00 e. The number of hydrogen-bond donors (Lipinski definition) is 1. The minimum absolute atomic E-state index is 0. The summed E-state index contributed by atoms with van der Waals surface area (Å²) in [5.41, 5.74) is 0. The van der Waals surface area contributed by atoms with Gasteiger partial charge in [-0.05, 0) is 0 Å². The maximum atomic E-state index is 9.37. The molecule has 0 aromatic heterocycles.